The molecule has 1 saturated heterocycles. The molecule has 0 aromatic heterocycles. The predicted octanol–water partition coefficient (Wildman–Crippen LogP) is 5.18. The maximum Gasteiger partial charge on any atom is 0.280 e. The van der Waals surface area contributed by atoms with Crippen LogP contribution in [0.2, 0.25) is 5.02 Å². The minimum atomic E-state index is -4.25. The lowest BCUT2D eigenvalue weighted by Gasteiger charge is -2.53. The van der Waals surface area contributed by atoms with E-state index in [9.17, 15) is 21.2 Å². The number of rotatable bonds is 6. The molecule has 0 radical (unpaired) electrons. The number of hydrogen-bond acceptors (Lipinski definition) is 4. The molecule has 1 N–H and O–H groups in total. The molecule has 6 nitrogen and oxygen atoms in total. The Balaban J connectivity index is 1.93. The number of sulfone groups is 1. The van der Waals surface area contributed by atoms with Crippen molar-refractivity contribution < 1.29 is 25.6 Å². The Kier molecular flexibility index (Phi) is 7.58. The molecule has 198 valence electrons. The maximum atomic E-state index is 15.3. The number of fused-ring (bicyclic) bond motifs is 1. The zero-order valence-electron chi connectivity index (χ0n) is 20.4. The first-order valence-corrected chi connectivity index (χ1v) is 15.4. The van der Waals surface area contributed by atoms with E-state index in [0.29, 0.717) is 17.9 Å². The molecule has 2 aromatic carbocycles. The van der Waals surface area contributed by atoms with Gasteiger partial charge in [-0.1, -0.05) is 24.9 Å². The van der Waals surface area contributed by atoms with Crippen molar-refractivity contribution >= 4 is 31.6 Å². The zero-order valence-corrected chi connectivity index (χ0v) is 22.8. The summed E-state index contributed by atoms with van der Waals surface area (Å²) < 4.78 is 86.9. The molecule has 0 spiro atoms. The van der Waals surface area contributed by atoms with Gasteiger partial charge < -0.3 is 0 Å². The minimum absolute atomic E-state index is 0.0434. The Bertz CT molecular complexity index is 1340. The van der Waals surface area contributed by atoms with Crippen LogP contribution in [0, 0.1) is 17.6 Å². The smallest absolute Gasteiger partial charge is 0.223 e. The van der Waals surface area contributed by atoms with Gasteiger partial charge in [0.15, 0.2) is 9.84 Å². The zero-order chi connectivity index (χ0) is 26.5. The minimum Gasteiger partial charge on any atom is -0.223 e. The van der Waals surface area contributed by atoms with Crippen molar-refractivity contribution in [3.63, 3.8) is 0 Å². The van der Waals surface area contributed by atoms with Gasteiger partial charge in [-0.2, -0.15) is 17.4 Å². The third kappa shape index (κ3) is 4.60. The first-order chi connectivity index (χ1) is 16.8. The number of halogens is 3. The van der Waals surface area contributed by atoms with Crippen LogP contribution in [0.1, 0.15) is 58.4 Å². The van der Waals surface area contributed by atoms with E-state index in [1.807, 2.05) is 6.92 Å². The Labute approximate surface area is 217 Å². The van der Waals surface area contributed by atoms with E-state index in [-0.39, 0.29) is 35.8 Å². The van der Waals surface area contributed by atoms with Crippen molar-refractivity contribution in [1.29, 1.82) is 0 Å². The first-order valence-electron chi connectivity index (χ1n) is 12.1. The lowest BCUT2D eigenvalue weighted by Crippen LogP contribution is -2.66. The first kappa shape index (κ1) is 27.4. The number of benzene rings is 2. The van der Waals surface area contributed by atoms with Gasteiger partial charge in [-0.25, -0.2) is 17.2 Å². The molecule has 4 unspecified atom stereocenters. The summed E-state index contributed by atoms with van der Waals surface area (Å²) in [5.74, 6) is -1.98. The van der Waals surface area contributed by atoms with E-state index in [1.54, 1.807) is 13.8 Å². The Morgan fingerprint density at radius 3 is 2.44 bits per heavy atom. The molecule has 2 aliphatic rings. The normalized spacial score (nSPS) is 28.7. The van der Waals surface area contributed by atoms with Crippen LogP contribution in [-0.4, -0.2) is 39.3 Å². The quantitative estimate of drug-likeness (QED) is 0.527. The highest BCUT2D eigenvalue weighted by Gasteiger charge is 2.58. The topological polar surface area (TPSA) is 83.5 Å². The fourth-order valence-electron chi connectivity index (χ4n) is 6.01. The van der Waals surface area contributed by atoms with Crippen molar-refractivity contribution in [2.45, 2.75) is 80.6 Å². The average molecular weight is 561 g/mol. The molecule has 0 amide bonds. The van der Waals surface area contributed by atoms with E-state index in [4.69, 9.17) is 11.6 Å². The molecule has 36 heavy (non-hydrogen) atoms. The SMILES string of the molecule is CCCC1C2CC(c3cc(F)ccc3F)(S(=O)(=O)c3ccc(Cl)cc3)CCC2NS(=O)(=O)N1C(C)C. The third-order valence-electron chi connectivity index (χ3n) is 7.49. The van der Waals surface area contributed by atoms with Crippen LogP contribution in [0.5, 0.6) is 0 Å². The van der Waals surface area contributed by atoms with Crippen LogP contribution in [-0.2, 0) is 24.8 Å². The fourth-order valence-corrected chi connectivity index (χ4v) is 10.3. The fraction of sp³-hybridized carbons (Fsp3) is 0.520. The summed E-state index contributed by atoms with van der Waals surface area (Å²) in [5, 5.41) is 0.348. The van der Waals surface area contributed by atoms with Gasteiger partial charge in [0.05, 0.1) is 4.90 Å². The number of hydrogen-bond donors (Lipinski definition) is 1. The molecule has 4 atom stereocenters. The molecular weight excluding hydrogens is 530 g/mol. The lowest BCUT2D eigenvalue weighted by molar-refractivity contribution is 0.0934. The van der Waals surface area contributed by atoms with Crippen LogP contribution in [0.3, 0.4) is 0 Å². The number of nitrogens with one attached hydrogen (secondary N) is 1. The third-order valence-corrected chi connectivity index (χ3v) is 12.1. The second-order valence-corrected chi connectivity index (χ2v) is 14.3. The van der Waals surface area contributed by atoms with Crippen LogP contribution in [0.25, 0.3) is 0 Å². The van der Waals surface area contributed by atoms with Crippen molar-refractivity contribution in [2.24, 2.45) is 5.92 Å². The summed E-state index contributed by atoms with van der Waals surface area (Å²) in [6, 6.07) is 7.16. The van der Waals surface area contributed by atoms with Gasteiger partial charge in [0.25, 0.3) is 10.2 Å². The average Bonchev–Trinajstić information content (AvgIpc) is 2.80. The highest BCUT2D eigenvalue weighted by Crippen LogP contribution is 2.52. The molecule has 11 heteroatoms. The molecule has 0 bridgehead atoms. The van der Waals surface area contributed by atoms with Gasteiger partial charge in [0, 0.05) is 28.7 Å². The molecule has 1 aliphatic carbocycles. The van der Waals surface area contributed by atoms with Crippen molar-refractivity contribution in [3.8, 4) is 0 Å². The molecule has 2 aromatic rings. The van der Waals surface area contributed by atoms with Gasteiger partial charge in [-0.05, 0) is 87.9 Å². The molecule has 2 fully saturated rings. The standard InChI is InChI=1S/C25H31ClF2N2O4S2/c1-4-5-24-20-15-25(21-14-18(27)8-11-22(21)28,35(31,32)19-9-6-17(26)7-10-19)13-12-23(20)29-36(33,34)30(24)16(2)3/h6-11,14,16,20,23-24,29H,4-5,12-13,15H2,1-3H3. The van der Waals surface area contributed by atoms with Gasteiger partial charge in [0.2, 0.25) is 0 Å². The monoisotopic (exact) mass is 560 g/mol. The summed E-state index contributed by atoms with van der Waals surface area (Å²) in [5.41, 5.74) is -0.226. The molecular formula is C25H31ClF2N2O4S2. The van der Waals surface area contributed by atoms with Gasteiger partial charge >= 0.3 is 0 Å². The molecule has 4 rings (SSSR count). The van der Waals surface area contributed by atoms with E-state index in [0.717, 1.165) is 18.2 Å². The van der Waals surface area contributed by atoms with Crippen molar-refractivity contribution in [2.75, 3.05) is 0 Å². The highest BCUT2D eigenvalue weighted by molar-refractivity contribution is 7.92. The maximum absolute atomic E-state index is 15.3. The van der Waals surface area contributed by atoms with Gasteiger partial charge in [-0.15, -0.1) is 0 Å². The van der Waals surface area contributed by atoms with Crippen molar-refractivity contribution in [1.82, 2.24) is 9.03 Å². The van der Waals surface area contributed by atoms with Crippen LogP contribution in [0.15, 0.2) is 47.4 Å². The Morgan fingerprint density at radius 1 is 1.17 bits per heavy atom. The Hall–Kier alpha value is -1.59. The van der Waals surface area contributed by atoms with E-state index in [2.05, 4.69) is 4.72 Å². The summed E-state index contributed by atoms with van der Waals surface area (Å²) in [7, 11) is -8.04. The second-order valence-electron chi connectivity index (χ2n) is 9.99. The van der Waals surface area contributed by atoms with Crippen LogP contribution < -0.4 is 4.72 Å². The molecule has 1 aliphatic heterocycles. The highest BCUT2D eigenvalue weighted by atomic mass is 35.5. The lowest BCUT2D eigenvalue weighted by atomic mass is 9.70. The van der Waals surface area contributed by atoms with E-state index < -0.39 is 54.4 Å². The van der Waals surface area contributed by atoms with Crippen LogP contribution >= 0.6 is 11.6 Å². The summed E-state index contributed by atoms with van der Waals surface area (Å²) >= 11 is 5.99. The van der Waals surface area contributed by atoms with Crippen LogP contribution in [0.4, 0.5) is 8.78 Å². The van der Waals surface area contributed by atoms with Crippen molar-refractivity contribution in [3.05, 3.63) is 64.7 Å². The van der Waals surface area contributed by atoms with Gasteiger partial charge in [0.1, 0.15) is 16.4 Å². The largest absolute Gasteiger partial charge is 0.280 e. The summed E-state index contributed by atoms with van der Waals surface area (Å²) in [6.07, 6.45) is 1.24. The summed E-state index contributed by atoms with van der Waals surface area (Å²) in [6.45, 7) is 5.49. The molecule has 1 heterocycles. The van der Waals surface area contributed by atoms with E-state index in [1.165, 1.54) is 28.6 Å². The van der Waals surface area contributed by atoms with Gasteiger partial charge in [-0.3, -0.25) is 0 Å². The van der Waals surface area contributed by atoms with E-state index >= 15 is 4.39 Å². The molecule has 1 saturated carbocycles. The summed E-state index contributed by atoms with van der Waals surface area (Å²) in [4.78, 5) is -0.0434. The Morgan fingerprint density at radius 2 is 1.83 bits per heavy atom. The second kappa shape index (κ2) is 9.94. The number of nitrogens with zero attached hydrogens (tertiary/aromatic N) is 1. The predicted molar refractivity (Wildman–Crippen MR) is 136 cm³/mol.